The second-order valence-corrected chi connectivity index (χ2v) is 9.59. The summed E-state index contributed by atoms with van der Waals surface area (Å²) < 4.78 is 6.17. The van der Waals surface area contributed by atoms with Crippen molar-refractivity contribution < 1.29 is 4.74 Å². The summed E-state index contributed by atoms with van der Waals surface area (Å²) in [5, 5.41) is 13.1. The molecule has 3 aromatic heterocycles. The topological polar surface area (TPSA) is 79.0 Å². The van der Waals surface area contributed by atoms with E-state index < -0.39 is 0 Å². The van der Waals surface area contributed by atoms with Gasteiger partial charge in [0.15, 0.2) is 0 Å². The molecule has 6 rings (SSSR count). The average Bonchev–Trinajstić information content (AvgIpc) is 3.15. The van der Waals surface area contributed by atoms with Crippen LogP contribution < -0.4 is 15.0 Å². The fraction of sp³-hybridized carbons (Fsp3) is 0.292. The minimum Gasteiger partial charge on any atom is -0.486 e. The van der Waals surface area contributed by atoms with E-state index in [1.807, 2.05) is 31.3 Å². The van der Waals surface area contributed by atoms with Crippen molar-refractivity contribution in [3.63, 3.8) is 0 Å². The van der Waals surface area contributed by atoms with Crippen molar-refractivity contribution in [2.45, 2.75) is 25.0 Å². The molecule has 4 aromatic rings. The molecule has 2 aliphatic rings. The maximum absolute atomic E-state index is 6.29. The Bertz CT molecular complexity index is 1310. The Balaban J connectivity index is 1.24. The van der Waals surface area contributed by atoms with Crippen LogP contribution in [0.15, 0.2) is 48.9 Å². The summed E-state index contributed by atoms with van der Waals surface area (Å²) in [7, 11) is 0. The molecule has 2 saturated heterocycles. The van der Waals surface area contributed by atoms with Gasteiger partial charge < -0.3 is 15.0 Å². The van der Waals surface area contributed by atoms with Gasteiger partial charge in [0.25, 0.3) is 0 Å². The van der Waals surface area contributed by atoms with Gasteiger partial charge in [-0.2, -0.15) is 5.10 Å². The van der Waals surface area contributed by atoms with Crippen molar-refractivity contribution in [3.05, 3.63) is 64.5 Å². The molecule has 5 heterocycles. The largest absolute Gasteiger partial charge is 0.486 e. The highest BCUT2D eigenvalue weighted by Gasteiger charge is 2.47. The number of aromatic amines is 1. The Morgan fingerprint density at radius 3 is 2.55 bits per heavy atom. The number of nitrogens with zero attached hydrogens (tertiary/aromatic N) is 4. The zero-order valence-corrected chi connectivity index (χ0v) is 19.5. The van der Waals surface area contributed by atoms with Crippen molar-refractivity contribution in [1.82, 2.24) is 25.5 Å². The van der Waals surface area contributed by atoms with Crippen molar-refractivity contribution in [3.8, 4) is 17.0 Å². The van der Waals surface area contributed by atoms with Crippen molar-refractivity contribution in [2.24, 2.45) is 0 Å². The molecular weight excluding hydrogens is 459 g/mol. The first-order chi connectivity index (χ1) is 16.0. The van der Waals surface area contributed by atoms with Gasteiger partial charge in [0.1, 0.15) is 23.4 Å². The molecule has 33 heavy (non-hydrogen) atoms. The zero-order valence-electron chi connectivity index (χ0n) is 18.0. The number of hydrogen-bond donors (Lipinski definition) is 2. The first-order valence-corrected chi connectivity index (χ1v) is 11.7. The van der Waals surface area contributed by atoms with Crippen LogP contribution in [0.3, 0.4) is 0 Å². The standard InChI is InChI=1S/C24H22Cl2N6O/c1-14(22-18(25)10-27-11-19(22)26)33-16-3-4-20-17(8-16)23(31-30-20)15-2-5-21(28-9-15)32-12-24(13-32)6-7-29-24/h2-5,8-11,14,29H,6-7,12-13H2,1H3,(H,30,31)/t14-/m1/s1. The van der Waals surface area contributed by atoms with Gasteiger partial charge in [0.2, 0.25) is 0 Å². The zero-order chi connectivity index (χ0) is 22.6. The summed E-state index contributed by atoms with van der Waals surface area (Å²) in [6, 6.07) is 9.97. The van der Waals surface area contributed by atoms with Gasteiger partial charge in [0.05, 0.1) is 21.1 Å². The molecule has 1 spiro atoms. The normalized spacial score (nSPS) is 17.6. The molecule has 7 nitrogen and oxygen atoms in total. The smallest absolute Gasteiger partial charge is 0.128 e. The van der Waals surface area contributed by atoms with Crippen molar-refractivity contribution in [1.29, 1.82) is 0 Å². The Hall–Kier alpha value is -2.87. The van der Waals surface area contributed by atoms with Crippen LogP contribution in [0, 0.1) is 0 Å². The lowest BCUT2D eigenvalue weighted by atomic mass is 9.80. The summed E-state index contributed by atoms with van der Waals surface area (Å²) >= 11 is 12.6. The molecule has 2 fully saturated rings. The number of fused-ring (bicyclic) bond motifs is 1. The molecular formula is C24H22Cl2N6O. The molecule has 0 bridgehead atoms. The number of benzene rings is 1. The van der Waals surface area contributed by atoms with Crippen molar-refractivity contribution >= 4 is 39.9 Å². The SMILES string of the molecule is C[C@@H](Oc1ccc2[nH]nc(-c3ccc(N4CC5(CCN5)C4)nc3)c2c1)c1c(Cl)cncc1Cl. The third-order valence-electron chi connectivity index (χ3n) is 6.58. The lowest BCUT2D eigenvalue weighted by Crippen LogP contribution is -2.76. The second kappa shape index (κ2) is 7.87. The molecule has 0 radical (unpaired) electrons. The number of aromatic nitrogens is 4. The summed E-state index contributed by atoms with van der Waals surface area (Å²) in [5.74, 6) is 1.70. The van der Waals surface area contributed by atoms with Crippen LogP contribution in [0.4, 0.5) is 5.82 Å². The molecule has 9 heteroatoms. The van der Waals surface area contributed by atoms with Crippen molar-refractivity contribution in [2.75, 3.05) is 24.5 Å². The highest BCUT2D eigenvalue weighted by atomic mass is 35.5. The third kappa shape index (κ3) is 3.60. The quantitative estimate of drug-likeness (QED) is 0.417. The monoisotopic (exact) mass is 480 g/mol. The van der Waals surface area contributed by atoms with Crippen LogP contribution in [-0.4, -0.2) is 45.3 Å². The molecule has 0 unspecified atom stereocenters. The summed E-state index contributed by atoms with van der Waals surface area (Å²) in [6.07, 6.45) is 5.94. The first-order valence-electron chi connectivity index (χ1n) is 10.9. The van der Waals surface area contributed by atoms with E-state index in [1.54, 1.807) is 12.4 Å². The Morgan fingerprint density at radius 1 is 1.09 bits per heavy atom. The lowest BCUT2D eigenvalue weighted by molar-refractivity contribution is 0.159. The number of halogens is 2. The van der Waals surface area contributed by atoms with Crippen LogP contribution in [-0.2, 0) is 0 Å². The maximum Gasteiger partial charge on any atom is 0.128 e. The number of rotatable bonds is 5. The van der Waals surface area contributed by atoms with E-state index in [4.69, 9.17) is 32.9 Å². The summed E-state index contributed by atoms with van der Waals surface area (Å²) in [5.41, 5.74) is 3.76. The van der Waals surface area contributed by atoms with Gasteiger partial charge in [-0.3, -0.25) is 10.1 Å². The number of nitrogens with one attached hydrogen (secondary N) is 2. The Labute approximate surface area is 201 Å². The van der Waals surface area contributed by atoms with E-state index in [-0.39, 0.29) is 6.10 Å². The second-order valence-electron chi connectivity index (χ2n) is 8.77. The molecule has 1 aromatic carbocycles. The van der Waals surface area contributed by atoms with E-state index in [1.165, 1.54) is 6.42 Å². The third-order valence-corrected chi connectivity index (χ3v) is 7.18. The molecule has 0 saturated carbocycles. The van der Waals surface area contributed by atoms with Crippen LogP contribution in [0.2, 0.25) is 10.0 Å². The molecule has 2 aliphatic heterocycles. The van der Waals surface area contributed by atoms with Crippen LogP contribution in [0.25, 0.3) is 22.2 Å². The van der Waals surface area contributed by atoms with Gasteiger partial charge in [-0.15, -0.1) is 0 Å². The minimum absolute atomic E-state index is 0.330. The number of pyridine rings is 2. The maximum atomic E-state index is 6.29. The van der Waals surface area contributed by atoms with Crippen LogP contribution in [0.5, 0.6) is 5.75 Å². The van der Waals surface area contributed by atoms with Gasteiger partial charge in [-0.1, -0.05) is 23.2 Å². The fourth-order valence-corrected chi connectivity index (χ4v) is 5.34. The predicted octanol–water partition coefficient (Wildman–Crippen LogP) is 5.02. The van der Waals surface area contributed by atoms with Crippen LogP contribution in [0.1, 0.15) is 25.0 Å². The average molecular weight is 481 g/mol. The molecule has 1 atom stereocenters. The van der Waals surface area contributed by atoms with E-state index in [0.717, 1.165) is 47.6 Å². The molecule has 0 aliphatic carbocycles. The number of H-pyrrole nitrogens is 1. The first kappa shape index (κ1) is 20.7. The minimum atomic E-state index is -0.341. The van der Waals surface area contributed by atoms with E-state index in [9.17, 15) is 0 Å². The Kier molecular flexibility index (Phi) is 4.94. The van der Waals surface area contributed by atoms with E-state index >= 15 is 0 Å². The van der Waals surface area contributed by atoms with Gasteiger partial charge >= 0.3 is 0 Å². The van der Waals surface area contributed by atoms with E-state index in [0.29, 0.717) is 26.9 Å². The fourth-order valence-electron chi connectivity index (χ4n) is 4.67. The van der Waals surface area contributed by atoms with Gasteiger partial charge in [0, 0.05) is 48.2 Å². The highest BCUT2D eigenvalue weighted by molar-refractivity contribution is 6.35. The molecule has 0 amide bonds. The number of ether oxygens (including phenoxy) is 1. The number of anilines is 1. The molecule has 2 N–H and O–H groups in total. The van der Waals surface area contributed by atoms with Crippen LogP contribution >= 0.6 is 23.2 Å². The Morgan fingerprint density at radius 2 is 1.88 bits per heavy atom. The van der Waals surface area contributed by atoms with Gasteiger partial charge in [-0.25, -0.2) is 4.98 Å². The number of hydrogen-bond acceptors (Lipinski definition) is 6. The van der Waals surface area contributed by atoms with Gasteiger partial charge in [-0.05, 0) is 50.2 Å². The lowest BCUT2D eigenvalue weighted by Gasteiger charge is -2.56. The highest BCUT2D eigenvalue weighted by Crippen LogP contribution is 2.36. The summed E-state index contributed by atoms with van der Waals surface area (Å²) in [6.45, 7) is 5.08. The predicted molar refractivity (Wildman–Crippen MR) is 130 cm³/mol. The molecule has 168 valence electrons. The summed E-state index contributed by atoms with van der Waals surface area (Å²) in [4.78, 5) is 11.0. The van der Waals surface area contributed by atoms with E-state index in [2.05, 4.69) is 37.5 Å².